The molecule has 188 valence electrons. The van der Waals surface area contributed by atoms with Gasteiger partial charge in [-0.1, -0.05) is 12.1 Å². The van der Waals surface area contributed by atoms with Crippen LogP contribution in [0.25, 0.3) is 0 Å². The first-order valence-corrected chi connectivity index (χ1v) is 11.1. The van der Waals surface area contributed by atoms with Gasteiger partial charge in [0.2, 0.25) is 11.7 Å². The quantitative estimate of drug-likeness (QED) is 0.469. The summed E-state index contributed by atoms with van der Waals surface area (Å²) in [6, 6.07) is 10.4. The molecule has 10 nitrogen and oxygen atoms in total. The molecule has 0 bridgehead atoms. The molecule has 1 unspecified atom stereocenters. The second-order valence-corrected chi connectivity index (χ2v) is 8.31. The lowest BCUT2D eigenvalue weighted by Gasteiger charge is -2.21. The highest BCUT2D eigenvalue weighted by atomic mass is 16.5. The number of rotatable bonds is 11. The van der Waals surface area contributed by atoms with Crippen LogP contribution in [0.2, 0.25) is 0 Å². The van der Waals surface area contributed by atoms with Crippen LogP contribution in [0.15, 0.2) is 36.4 Å². The zero-order chi connectivity index (χ0) is 25.6. The van der Waals surface area contributed by atoms with Crippen molar-refractivity contribution in [1.82, 2.24) is 15.5 Å². The number of nitrogens with zero attached hydrogens (tertiary/aromatic N) is 1. The molecule has 2 N–H and O–H groups in total. The molecule has 0 radical (unpaired) electrons. The van der Waals surface area contributed by atoms with E-state index in [4.69, 9.17) is 18.9 Å². The van der Waals surface area contributed by atoms with E-state index in [1.807, 2.05) is 24.3 Å². The summed E-state index contributed by atoms with van der Waals surface area (Å²) < 4.78 is 21.1. The van der Waals surface area contributed by atoms with Gasteiger partial charge in [0.15, 0.2) is 11.5 Å². The van der Waals surface area contributed by atoms with Crippen molar-refractivity contribution in [2.24, 2.45) is 0 Å². The minimum atomic E-state index is -1.09. The highest BCUT2D eigenvalue weighted by Crippen LogP contribution is 2.38. The second kappa shape index (κ2) is 11.0. The molecule has 0 aliphatic carbocycles. The third kappa shape index (κ3) is 5.76. The molecule has 0 spiro atoms. The maximum absolute atomic E-state index is 13.0. The first-order chi connectivity index (χ1) is 16.7. The Morgan fingerprint density at radius 1 is 0.943 bits per heavy atom. The summed E-state index contributed by atoms with van der Waals surface area (Å²) in [5.74, 6) is 1.20. The monoisotopic (exact) mass is 485 g/mol. The van der Waals surface area contributed by atoms with Crippen molar-refractivity contribution in [3.8, 4) is 23.0 Å². The lowest BCUT2D eigenvalue weighted by atomic mass is 9.93. The van der Waals surface area contributed by atoms with Gasteiger partial charge in [0.1, 0.15) is 17.8 Å². The summed E-state index contributed by atoms with van der Waals surface area (Å²) in [5.41, 5.74) is 0.624. The van der Waals surface area contributed by atoms with E-state index in [1.54, 1.807) is 26.2 Å². The van der Waals surface area contributed by atoms with E-state index in [0.29, 0.717) is 35.7 Å². The lowest BCUT2D eigenvalue weighted by Crippen LogP contribution is -2.45. The first-order valence-electron chi connectivity index (χ1n) is 11.1. The molecule has 1 heterocycles. The number of aryl methyl sites for hydroxylation is 1. The van der Waals surface area contributed by atoms with Gasteiger partial charge in [0, 0.05) is 6.54 Å². The molecule has 3 rings (SSSR count). The smallest absolute Gasteiger partial charge is 0.325 e. The van der Waals surface area contributed by atoms with Gasteiger partial charge >= 0.3 is 6.03 Å². The van der Waals surface area contributed by atoms with Crippen LogP contribution in [0.1, 0.15) is 24.5 Å². The van der Waals surface area contributed by atoms with Crippen molar-refractivity contribution in [3.05, 3.63) is 47.5 Å². The van der Waals surface area contributed by atoms with Gasteiger partial charge < -0.3 is 29.6 Å². The molecule has 2 aromatic rings. The Bertz CT molecular complexity index is 1060. The van der Waals surface area contributed by atoms with Crippen LogP contribution < -0.4 is 29.6 Å². The number of urea groups is 1. The Morgan fingerprint density at radius 3 is 2.11 bits per heavy atom. The molecule has 35 heavy (non-hydrogen) atoms. The first kappa shape index (κ1) is 25.7. The number of methoxy groups -OCH3 is 4. The standard InChI is InChI=1S/C25H31N3O7/c1-25(11-10-16-6-8-18(32-2)9-7-16)23(30)28(24(31)27-25)15-21(29)26-14-17-12-19(33-3)22(35-5)20(13-17)34-4/h6-9,12-13H,10-11,14-15H2,1-5H3,(H,26,29)(H,27,31). The highest BCUT2D eigenvalue weighted by Gasteiger charge is 2.47. The van der Waals surface area contributed by atoms with Crippen LogP contribution >= 0.6 is 0 Å². The number of nitrogens with one attached hydrogen (secondary N) is 2. The molecule has 1 fully saturated rings. The number of hydrogen-bond acceptors (Lipinski definition) is 7. The third-order valence-corrected chi connectivity index (χ3v) is 5.93. The van der Waals surface area contributed by atoms with Gasteiger partial charge in [-0.15, -0.1) is 0 Å². The molecule has 0 aromatic heterocycles. The van der Waals surface area contributed by atoms with Gasteiger partial charge in [0.25, 0.3) is 5.91 Å². The van der Waals surface area contributed by atoms with E-state index in [-0.39, 0.29) is 13.1 Å². The molecule has 1 atom stereocenters. The summed E-state index contributed by atoms with van der Waals surface area (Å²) in [5, 5.41) is 5.46. The van der Waals surface area contributed by atoms with Gasteiger partial charge in [-0.2, -0.15) is 0 Å². The molecule has 2 aromatic carbocycles. The van der Waals surface area contributed by atoms with Crippen molar-refractivity contribution >= 4 is 17.8 Å². The molecule has 1 saturated heterocycles. The molecule has 10 heteroatoms. The van der Waals surface area contributed by atoms with E-state index in [2.05, 4.69) is 10.6 Å². The second-order valence-electron chi connectivity index (χ2n) is 8.31. The maximum Gasteiger partial charge on any atom is 0.325 e. The zero-order valence-corrected chi connectivity index (χ0v) is 20.6. The molecule has 1 aliphatic rings. The number of carbonyl (C=O) groups is 3. The van der Waals surface area contributed by atoms with Crippen LogP contribution in [0, 0.1) is 0 Å². The molecular weight excluding hydrogens is 454 g/mol. The summed E-state index contributed by atoms with van der Waals surface area (Å²) in [4.78, 5) is 39.0. The molecule has 4 amide bonds. The van der Waals surface area contributed by atoms with Gasteiger partial charge in [-0.05, 0) is 55.2 Å². The minimum Gasteiger partial charge on any atom is -0.497 e. The minimum absolute atomic E-state index is 0.147. The van der Waals surface area contributed by atoms with E-state index < -0.39 is 23.4 Å². The van der Waals surface area contributed by atoms with E-state index in [0.717, 1.165) is 16.2 Å². The van der Waals surface area contributed by atoms with Crippen LogP contribution in [0.4, 0.5) is 4.79 Å². The molecule has 1 aliphatic heterocycles. The van der Waals surface area contributed by atoms with Crippen LogP contribution in [0.5, 0.6) is 23.0 Å². The Balaban J connectivity index is 1.59. The predicted molar refractivity (Wildman–Crippen MR) is 128 cm³/mol. The Kier molecular flexibility index (Phi) is 8.06. The van der Waals surface area contributed by atoms with Crippen molar-refractivity contribution in [2.45, 2.75) is 31.8 Å². The topological polar surface area (TPSA) is 115 Å². The van der Waals surface area contributed by atoms with Crippen molar-refractivity contribution in [3.63, 3.8) is 0 Å². The van der Waals surface area contributed by atoms with Crippen LogP contribution in [-0.4, -0.2) is 63.3 Å². The maximum atomic E-state index is 13.0. The largest absolute Gasteiger partial charge is 0.497 e. The van der Waals surface area contributed by atoms with E-state index >= 15 is 0 Å². The average molecular weight is 486 g/mol. The Morgan fingerprint density at radius 2 is 1.57 bits per heavy atom. The van der Waals surface area contributed by atoms with Gasteiger partial charge in [0.05, 0.1) is 28.4 Å². The molecular formula is C25H31N3O7. The third-order valence-electron chi connectivity index (χ3n) is 5.93. The number of imide groups is 1. The van der Waals surface area contributed by atoms with Crippen molar-refractivity contribution < 1.29 is 33.3 Å². The zero-order valence-electron chi connectivity index (χ0n) is 20.6. The van der Waals surface area contributed by atoms with Crippen LogP contribution in [0.3, 0.4) is 0 Å². The fraction of sp³-hybridized carbons (Fsp3) is 0.400. The number of carbonyl (C=O) groups excluding carboxylic acids is 3. The normalized spacial score (nSPS) is 17.1. The summed E-state index contributed by atoms with van der Waals surface area (Å²) in [7, 11) is 6.11. The average Bonchev–Trinajstić information content (AvgIpc) is 3.08. The van der Waals surface area contributed by atoms with E-state index in [1.165, 1.54) is 21.3 Å². The lowest BCUT2D eigenvalue weighted by molar-refractivity contribution is -0.134. The predicted octanol–water partition coefficient (Wildman–Crippen LogP) is 2.28. The van der Waals surface area contributed by atoms with Gasteiger partial charge in [-0.3, -0.25) is 14.5 Å². The Labute approximate surface area is 204 Å². The fourth-order valence-corrected chi connectivity index (χ4v) is 3.88. The summed E-state index contributed by atoms with van der Waals surface area (Å²) in [6.45, 7) is 1.44. The summed E-state index contributed by atoms with van der Waals surface area (Å²) in [6.07, 6.45) is 0.973. The number of amides is 4. The number of ether oxygens (including phenoxy) is 4. The van der Waals surface area contributed by atoms with Crippen molar-refractivity contribution in [1.29, 1.82) is 0 Å². The summed E-state index contributed by atoms with van der Waals surface area (Å²) >= 11 is 0. The number of hydrogen-bond donors (Lipinski definition) is 2. The Hall–Kier alpha value is -3.95. The number of benzene rings is 2. The fourth-order valence-electron chi connectivity index (χ4n) is 3.88. The van der Waals surface area contributed by atoms with Gasteiger partial charge in [-0.25, -0.2) is 4.79 Å². The van der Waals surface area contributed by atoms with Crippen LogP contribution in [-0.2, 0) is 22.6 Å². The molecule has 0 saturated carbocycles. The van der Waals surface area contributed by atoms with Crippen molar-refractivity contribution in [2.75, 3.05) is 35.0 Å². The van der Waals surface area contributed by atoms with E-state index in [9.17, 15) is 14.4 Å². The SMILES string of the molecule is COc1ccc(CCC2(C)NC(=O)N(CC(=O)NCc3cc(OC)c(OC)c(OC)c3)C2=O)cc1. The highest BCUT2D eigenvalue weighted by molar-refractivity contribution is 6.08.